The van der Waals surface area contributed by atoms with Gasteiger partial charge in [-0.3, -0.25) is 0 Å². The standard InChI is InChI=1S/C28H34N4O/c1-16(2)23-9-8-10-24(17(3)4)26(23)21-13-20(14-22(15-21)33-7)18(5)11-12-25-19(6)31-28(30)32-27(25)29/h8-10,13-18H,1-7H3,(H4,29,30,31,32). The quantitative estimate of drug-likeness (QED) is 0.471. The largest absolute Gasteiger partial charge is 0.497 e. The first-order valence-corrected chi connectivity index (χ1v) is 11.4. The zero-order chi connectivity index (χ0) is 24.3. The Morgan fingerprint density at radius 2 is 1.55 bits per heavy atom. The Morgan fingerprint density at radius 1 is 0.909 bits per heavy atom. The van der Waals surface area contributed by atoms with E-state index in [0.717, 1.165) is 16.9 Å². The molecule has 172 valence electrons. The fourth-order valence-corrected chi connectivity index (χ4v) is 4.05. The lowest BCUT2D eigenvalue weighted by Crippen LogP contribution is -2.05. The van der Waals surface area contributed by atoms with E-state index in [0.29, 0.717) is 28.9 Å². The van der Waals surface area contributed by atoms with Crippen LogP contribution in [-0.4, -0.2) is 17.1 Å². The van der Waals surface area contributed by atoms with Crippen LogP contribution in [0.3, 0.4) is 0 Å². The lowest BCUT2D eigenvalue weighted by Gasteiger charge is -2.21. The summed E-state index contributed by atoms with van der Waals surface area (Å²) in [6.07, 6.45) is 0. The summed E-state index contributed by atoms with van der Waals surface area (Å²) in [5, 5.41) is 0. The number of aryl methyl sites for hydroxylation is 1. The number of benzene rings is 2. The van der Waals surface area contributed by atoms with Crippen LogP contribution in [0.5, 0.6) is 5.75 Å². The van der Waals surface area contributed by atoms with Crippen molar-refractivity contribution in [2.45, 2.75) is 59.3 Å². The summed E-state index contributed by atoms with van der Waals surface area (Å²) in [5.41, 5.74) is 19.2. The number of methoxy groups -OCH3 is 1. The number of anilines is 2. The Balaban J connectivity index is 2.13. The van der Waals surface area contributed by atoms with E-state index in [4.69, 9.17) is 16.2 Å². The number of aromatic nitrogens is 2. The molecule has 3 aromatic rings. The van der Waals surface area contributed by atoms with Crippen molar-refractivity contribution in [2.24, 2.45) is 0 Å². The second-order valence-electron chi connectivity index (χ2n) is 9.03. The van der Waals surface area contributed by atoms with Crippen LogP contribution in [0.1, 0.15) is 80.3 Å². The highest BCUT2D eigenvalue weighted by Crippen LogP contribution is 2.39. The predicted molar refractivity (Wildman–Crippen MR) is 137 cm³/mol. The molecule has 1 unspecified atom stereocenters. The summed E-state index contributed by atoms with van der Waals surface area (Å²) in [4.78, 5) is 8.22. The highest BCUT2D eigenvalue weighted by molar-refractivity contribution is 5.74. The van der Waals surface area contributed by atoms with Gasteiger partial charge in [-0.15, -0.1) is 0 Å². The van der Waals surface area contributed by atoms with Crippen molar-refractivity contribution in [2.75, 3.05) is 18.6 Å². The van der Waals surface area contributed by atoms with Crippen molar-refractivity contribution >= 4 is 11.8 Å². The normalized spacial score (nSPS) is 11.9. The van der Waals surface area contributed by atoms with Crippen LogP contribution < -0.4 is 16.2 Å². The van der Waals surface area contributed by atoms with Crippen LogP contribution in [0, 0.1) is 18.8 Å². The predicted octanol–water partition coefficient (Wildman–Crippen LogP) is 6.03. The van der Waals surface area contributed by atoms with Gasteiger partial charge in [-0.1, -0.05) is 57.7 Å². The number of nitrogens with zero attached hydrogens (tertiary/aromatic N) is 2. The first kappa shape index (κ1) is 24.1. The molecule has 0 aliphatic carbocycles. The van der Waals surface area contributed by atoms with Crippen LogP contribution >= 0.6 is 0 Å². The van der Waals surface area contributed by atoms with Gasteiger partial charge in [0, 0.05) is 5.92 Å². The summed E-state index contributed by atoms with van der Waals surface area (Å²) < 4.78 is 5.68. The molecule has 0 saturated carbocycles. The van der Waals surface area contributed by atoms with Crippen LogP contribution in [0.2, 0.25) is 0 Å². The number of ether oxygens (including phenoxy) is 1. The van der Waals surface area contributed by atoms with Gasteiger partial charge < -0.3 is 16.2 Å². The van der Waals surface area contributed by atoms with Crippen LogP contribution in [0.4, 0.5) is 11.8 Å². The molecule has 1 heterocycles. The minimum atomic E-state index is -0.0519. The van der Waals surface area contributed by atoms with E-state index >= 15 is 0 Å². The van der Waals surface area contributed by atoms with E-state index < -0.39 is 0 Å². The molecule has 5 nitrogen and oxygen atoms in total. The SMILES string of the molecule is COc1cc(-c2c(C(C)C)cccc2C(C)C)cc(C(C)C#Cc2c(C)nc(N)nc2N)c1. The van der Waals surface area contributed by atoms with Gasteiger partial charge in [0.15, 0.2) is 0 Å². The lowest BCUT2D eigenvalue weighted by molar-refractivity contribution is 0.414. The molecule has 0 bridgehead atoms. The van der Waals surface area contributed by atoms with Crippen LogP contribution in [0.15, 0.2) is 36.4 Å². The third kappa shape index (κ3) is 5.28. The van der Waals surface area contributed by atoms with Gasteiger partial charge in [-0.05, 0) is 71.7 Å². The second kappa shape index (κ2) is 9.95. The van der Waals surface area contributed by atoms with Gasteiger partial charge in [0.25, 0.3) is 0 Å². The maximum atomic E-state index is 6.03. The number of rotatable bonds is 5. The van der Waals surface area contributed by atoms with Gasteiger partial charge in [0.2, 0.25) is 5.95 Å². The monoisotopic (exact) mass is 442 g/mol. The number of hydrogen-bond donors (Lipinski definition) is 2. The third-order valence-electron chi connectivity index (χ3n) is 5.88. The number of nitrogen functional groups attached to an aromatic ring is 2. The van der Waals surface area contributed by atoms with Crippen LogP contribution in [-0.2, 0) is 0 Å². The molecular formula is C28H34N4O. The molecule has 0 spiro atoms. The second-order valence-corrected chi connectivity index (χ2v) is 9.03. The topological polar surface area (TPSA) is 87.0 Å². The van der Waals surface area contributed by atoms with Gasteiger partial charge in [-0.2, -0.15) is 4.98 Å². The van der Waals surface area contributed by atoms with Gasteiger partial charge in [0.05, 0.1) is 18.4 Å². The van der Waals surface area contributed by atoms with Crippen molar-refractivity contribution in [1.29, 1.82) is 0 Å². The molecule has 33 heavy (non-hydrogen) atoms. The third-order valence-corrected chi connectivity index (χ3v) is 5.88. The van der Waals surface area contributed by atoms with E-state index in [1.807, 2.05) is 13.0 Å². The molecule has 0 aliphatic heterocycles. The summed E-state index contributed by atoms with van der Waals surface area (Å²) in [7, 11) is 1.70. The molecular weight excluding hydrogens is 408 g/mol. The van der Waals surface area contributed by atoms with E-state index in [1.165, 1.54) is 16.7 Å². The highest BCUT2D eigenvalue weighted by Gasteiger charge is 2.18. The molecule has 2 aromatic carbocycles. The van der Waals surface area contributed by atoms with Crippen molar-refractivity contribution in [3.63, 3.8) is 0 Å². The Bertz CT molecular complexity index is 1170. The van der Waals surface area contributed by atoms with Crippen molar-refractivity contribution < 1.29 is 4.74 Å². The van der Waals surface area contributed by atoms with Gasteiger partial charge in [-0.25, -0.2) is 4.98 Å². The fourth-order valence-electron chi connectivity index (χ4n) is 4.05. The Morgan fingerprint density at radius 3 is 2.09 bits per heavy atom. The van der Waals surface area contributed by atoms with Crippen LogP contribution in [0.25, 0.3) is 11.1 Å². The first-order valence-electron chi connectivity index (χ1n) is 11.4. The number of hydrogen-bond acceptors (Lipinski definition) is 5. The maximum Gasteiger partial charge on any atom is 0.222 e. The summed E-state index contributed by atoms with van der Waals surface area (Å²) in [5.74, 6) is 8.52. The van der Waals surface area contributed by atoms with Gasteiger partial charge >= 0.3 is 0 Å². The molecule has 1 aromatic heterocycles. The van der Waals surface area contributed by atoms with E-state index in [-0.39, 0.29) is 11.9 Å². The minimum Gasteiger partial charge on any atom is -0.497 e. The zero-order valence-electron chi connectivity index (χ0n) is 20.7. The average molecular weight is 443 g/mol. The molecule has 0 amide bonds. The number of nitrogens with two attached hydrogens (primary N) is 2. The fraction of sp³-hybridized carbons (Fsp3) is 0.357. The Kier molecular flexibility index (Phi) is 7.28. The molecule has 0 radical (unpaired) electrons. The molecule has 3 rings (SSSR count). The molecule has 0 fully saturated rings. The lowest BCUT2D eigenvalue weighted by atomic mass is 9.84. The average Bonchev–Trinajstić information content (AvgIpc) is 2.77. The molecule has 4 N–H and O–H groups in total. The molecule has 0 aliphatic rings. The van der Waals surface area contributed by atoms with E-state index in [9.17, 15) is 0 Å². The summed E-state index contributed by atoms with van der Waals surface area (Å²) >= 11 is 0. The summed E-state index contributed by atoms with van der Waals surface area (Å²) in [6, 6.07) is 13.0. The van der Waals surface area contributed by atoms with E-state index in [1.54, 1.807) is 7.11 Å². The van der Waals surface area contributed by atoms with Crippen molar-refractivity contribution in [1.82, 2.24) is 9.97 Å². The van der Waals surface area contributed by atoms with Crippen molar-refractivity contribution in [3.8, 4) is 28.7 Å². The summed E-state index contributed by atoms with van der Waals surface area (Å²) in [6.45, 7) is 12.9. The Hall–Kier alpha value is -3.52. The zero-order valence-corrected chi connectivity index (χ0v) is 20.7. The molecule has 5 heteroatoms. The smallest absolute Gasteiger partial charge is 0.222 e. The Labute approximate surface area is 197 Å². The van der Waals surface area contributed by atoms with Gasteiger partial charge in [0.1, 0.15) is 11.6 Å². The van der Waals surface area contributed by atoms with E-state index in [2.05, 4.69) is 86.8 Å². The van der Waals surface area contributed by atoms with Crippen molar-refractivity contribution in [3.05, 3.63) is 64.3 Å². The molecule has 1 atom stereocenters. The minimum absolute atomic E-state index is 0.0519. The maximum absolute atomic E-state index is 6.03. The highest BCUT2D eigenvalue weighted by atomic mass is 16.5. The molecule has 0 saturated heterocycles. The first-order chi connectivity index (χ1) is 15.6.